The molecule has 0 saturated carbocycles. The molecule has 0 unspecified atom stereocenters. The van der Waals surface area contributed by atoms with E-state index < -0.39 is 0 Å². The van der Waals surface area contributed by atoms with Gasteiger partial charge in [-0.25, -0.2) is 0 Å². The van der Waals surface area contributed by atoms with Crippen molar-refractivity contribution in [3.63, 3.8) is 0 Å². The molecule has 28 heavy (non-hydrogen) atoms. The fourth-order valence-corrected chi connectivity index (χ4v) is 3.22. The zero-order valence-corrected chi connectivity index (χ0v) is 17.4. The van der Waals surface area contributed by atoms with Crippen molar-refractivity contribution in [2.45, 2.75) is 40.7 Å². The van der Waals surface area contributed by atoms with Gasteiger partial charge >= 0.3 is 0 Å². The van der Waals surface area contributed by atoms with E-state index in [9.17, 15) is 9.59 Å². The first kappa shape index (κ1) is 21.5. The molecule has 0 aliphatic rings. The van der Waals surface area contributed by atoms with E-state index in [0.29, 0.717) is 13.1 Å². The molecule has 1 N–H and O–H groups in total. The third-order valence-electron chi connectivity index (χ3n) is 4.80. The predicted octanol–water partition coefficient (Wildman–Crippen LogP) is 3.90. The molecule has 0 aromatic heterocycles. The lowest BCUT2D eigenvalue weighted by Crippen LogP contribution is -2.33. The van der Waals surface area contributed by atoms with Crippen LogP contribution in [0.1, 0.15) is 38.3 Å². The molecule has 0 spiro atoms. The van der Waals surface area contributed by atoms with Crippen LogP contribution in [0.4, 0.5) is 11.4 Å². The minimum atomic E-state index is -0.0675. The topological polar surface area (TPSA) is 52.6 Å². The number of anilines is 2. The van der Waals surface area contributed by atoms with E-state index in [1.54, 1.807) is 4.90 Å². The van der Waals surface area contributed by atoms with Gasteiger partial charge in [0.15, 0.2) is 0 Å². The van der Waals surface area contributed by atoms with Gasteiger partial charge in [-0.2, -0.15) is 0 Å². The van der Waals surface area contributed by atoms with Gasteiger partial charge in [-0.1, -0.05) is 29.8 Å². The highest BCUT2D eigenvalue weighted by atomic mass is 16.2. The molecule has 5 nitrogen and oxygen atoms in total. The van der Waals surface area contributed by atoms with Gasteiger partial charge in [0, 0.05) is 50.9 Å². The van der Waals surface area contributed by atoms with Gasteiger partial charge in [0.2, 0.25) is 11.8 Å². The average molecular weight is 382 g/mol. The molecule has 150 valence electrons. The Morgan fingerprint density at radius 1 is 0.964 bits per heavy atom. The van der Waals surface area contributed by atoms with Crippen molar-refractivity contribution in [1.82, 2.24) is 5.32 Å². The lowest BCUT2D eigenvalue weighted by molar-refractivity contribution is -0.121. The van der Waals surface area contributed by atoms with E-state index in [0.717, 1.165) is 30.0 Å². The van der Waals surface area contributed by atoms with Gasteiger partial charge in [0.25, 0.3) is 0 Å². The van der Waals surface area contributed by atoms with E-state index >= 15 is 0 Å². The Morgan fingerprint density at radius 2 is 1.61 bits per heavy atom. The Labute approximate surface area is 168 Å². The van der Waals surface area contributed by atoms with Crippen LogP contribution in [0.15, 0.2) is 48.5 Å². The first-order valence-corrected chi connectivity index (χ1v) is 9.90. The predicted molar refractivity (Wildman–Crippen MR) is 116 cm³/mol. The second kappa shape index (κ2) is 10.5. The first-order valence-electron chi connectivity index (χ1n) is 9.90. The van der Waals surface area contributed by atoms with Crippen LogP contribution in [0.25, 0.3) is 0 Å². The summed E-state index contributed by atoms with van der Waals surface area (Å²) in [6.07, 6.45) is 0.267. The maximum Gasteiger partial charge on any atom is 0.223 e. The summed E-state index contributed by atoms with van der Waals surface area (Å²) >= 11 is 0. The van der Waals surface area contributed by atoms with Gasteiger partial charge in [-0.3, -0.25) is 9.59 Å². The van der Waals surface area contributed by atoms with E-state index in [1.807, 2.05) is 49.4 Å². The summed E-state index contributed by atoms with van der Waals surface area (Å²) in [5, 5.41) is 2.93. The SMILES string of the molecule is CCN(CC)c1ccc(N(CCC(=O)NCc2cccc(C)c2)C(C)=O)cc1. The van der Waals surface area contributed by atoms with Crippen molar-refractivity contribution in [1.29, 1.82) is 0 Å². The van der Waals surface area contributed by atoms with Gasteiger partial charge in [0.05, 0.1) is 0 Å². The largest absolute Gasteiger partial charge is 0.372 e. The number of benzene rings is 2. The molecule has 0 bridgehead atoms. The third kappa shape index (κ3) is 6.12. The highest BCUT2D eigenvalue weighted by Gasteiger charge is 2.14. The van der Waals surface area contributed by atoms with Crippen LogP contribution >= 0.6 is 0 Å². The zero-order valence-electron chi connectivity index (χ0n) is 17.4. The molecular weight excluding hydrogens is 350 g/mol. The van der Waals surface area contributed by atoms with E-state index in [4.69, 9.17) is 0 Å². The number of amides is 2. The summed E-state index contributed by atoms with van der Waals surface area (Å²) in [5.41, 5.74) is 4.19. The van der Waals surface area contributed by atoms with Crippen LogP contribution in [0, 0.1) is 6.92 Å². The van der Waals surface area contributed by atoms with E-state index in [2.05, 4.69) is 30.1 Å². The van der Waals surface area contributed by atoms with Crippen molar-refractivity contribution >= 4 is 23.2 Å². The summed E-state index contributed by atoms with van der Waals surface area (Å²) in [4.78, 5) is 28.2. The van der Waals surface area contributed by atoms with Crippen LogP contribution in [0.3, 0.4) is 0 Å². The Morgan fingerprint density at radius 3 is 2.18 bits per heavy atom. The van der Waals surface area contributed by atoms with Gasteiger partial charge in [-0.15, -0.1) is 0 Å². The number of aryl methyl sites for hydroxylation is 1. The molecule has 5 heteroatoms. The fourth-order valence-electron chi connectivity index (χ4n) is 3.22. The Kier molecular flexibility index (Phi) is 8.05. The standard InChI is InChI=1S/C23H31N3O2/c1-5-25(6-2)21-10-12-22(13-11-21)26(19(4)27)15-14-23(28)24-17-20-9-7-8-18(3)16-20/h7-13,16H,5-6,14-15,17H2,1-4H3,(H,24,28). The van der Waals surface area contributed by atoms with Crippen LogP contribution < -0.4 is 15.1 Å². The minimum absolute atomic E-state index is 0.0625. The average Bonchev–Trinajstić information content (AvgIpc) is 2.68. The molecule has 0 heterocycles. The molecular formula is C23H31N3O2. The van der Waals surface area contributed by atoms with E-state index in [1.165, 1.54) is 12.5 Å². The lowest BCUT2D eigenvalue weighted by atomic mass is 10.1. The number of hydrogen-bond acceptors (Lipinski definition) is 3. The highest BCUT2D eigenvalue weighted by Crippen LogP contribution is 2.21. The van der Waals surface area contributed by atoms with Crippen LogP contribution in [-0.2, 0) is 16.1 Å². The molecule has 0 atom stereocenters. The van der Waals surface area contributed by atoms with Gasteiger partial charge in [0.1, 0.15) is 0 Å². The number of carbonyl (C=O) groups excluding carboxylic acids is 2. The zero-order chi connectivity index (χ0) is 20.5. The molecule has 0 aliphatic carbocycles. The van der Waals surface area contributed by atoms with Crippen LogP contribution in [0.5, 0.6) is 0 Å². The Bertz CT molecular complexity index is 783. The maximum absolute atomic E-state index is 12.2. The normalized spacial score (nSPS) is 10.4. The second-order valence-electron chi connectivity index (χ2n) is 6.88. The number of nitrogens with one attached hydrogen (secondary N) is 1. The van der Waals surface area contributed by atoms with Crippen molar-refractivity contribution in [3.05, 3.63) is 59.7 Å². The number of hydrogen-bond donors (Lipinski definition) is 1. The van der Waals surface area contributed by atoms with Crippen molar-refractivity contribution in [2.24, 2.45) is 0 Å². The monoisotopic (exact) mass is 381 g/mol. The Balaban J connectivity index is 1.93. The molecule has 2 aromatic carbocycles. The molecule has 2 rings (SSSR count). The van der Waals surface area contributed by atoms with Crippen molar-refractivity contribution < 1.29 is 9.59 Å². The summed E-state index contributed by atoms with van der Waals surface area (Å²) in [7, 11) is 0. The van der Waals surface area contributed by atoms with Gasteiger partial charge in [-0.05, 0) is 50.6 Å². The first-order chi connectivity index (χ1) is 13.4. The molecule has 0 saturated heterocycles. The smallest absolute Gasteiger partial charge is 0.223 e. The maximum atomic E-state index is 12.2. The number of rotatable bonds is 9. The second-order valence-corrected chi connectivity index (χ2v) is 6.88. The van der Waals surface area contributed by atoms with Crippen molar-refractivity contribution in [3.8, 4) is 0 Å². The summed E-state index contributed by atoms with van der Waals surface area (Å²) in [6.45, 7) is 10.5. The third-order valence-corrected chi connectivity index (χ3v) is 4.80. The summed E-state index contributed by atoms with van der Waals surface area (Å²) in [6, 6.07) is 16.0. The quantitative estimate of drug-likeness (QED) is 0.717. The van der Waals surface area contributed by atoms with Crippen molar-refractivity contribution in [2.75, 3.05) is 29.4 Å². The summed E-state index contributed by atoms with van der Waals surface area (Å²) < 4.78 is 0. The van der Waals surface area contributed by atoms with Crippen LogP contribution in [0.2, 0.25) is 0 Å². The molecule has 0 aliphatic heterocycles. The Hall–Kier alpha value is -2.82. The highest BCUT2D eigenvalue weighted by molar-refractivity contribution is 5.92. The minimum Gasteiger partial charge on any atom is -0.372 e. The molecule has 2 amide bonds. The van der Waals surface area contributed by atoms with Gasteiger partial charge < -0.3 is 15.1 Å². The number of nitrogens with zero attached hydrogens (tertiary/aromatic N) is 2. The lowest BCUT2D eigenvalue weighted by Gasteiger charge is -2.24. The fraction of sp³-hybridized carbons (Fsp3) is 0.391. The molecule has 0 radical (unpaired) electrons. The summed E-state index contributed by atoms with van der Waals surface area (Å²) in [5.74, 6) is -0.130. The van der Waals surface area contributed by atoms with E-state index in [-0.39, 0.29) is 18.2 Å². The molecule has 0 fully saturated rings. The van der Waals surface area contributed by atoms with Crippen LogP contribution in [-0.4, -0.2) is 31.4 Å². The number of carbonyl (C=O) groups is 2. The molecule has 2 aromatic rings.